The molecule has 0 amide bonds. The molecular weight excluding hydrogens is 350 g/mol. The lowest BCUT2D eigenvalue weighted by Gasteiger charge is -2.10. The molecule has 0 aliphatic heterocycles. The van der Waals surface area contributed by atoms with Gasteiger partial charge in [0.1, 0.15) is 11.3 Å². The summed E-state index contributed by atoms with van der Waals surface area (Å²) in [4.78, 5) is 4.24. The Morgan fingerprint density at radius 3 is 2.62 bits per heavy atom. The summed E-state index contributed by atoms with van der Waals surface area (Å²) in [5.74, 6) is -1.31. The van der Waals surface area contributed by atoms with Crippen molar-refractivity contribution in [3.8, 4) is 11.1 Å². The Morgan fingerprint density at radius 1 is 1.04 bits per heavy atom. The Kier molecular flexibility index (Phi) is 3.71. The minimum absolute atomic E-state index is 0.226. The number of H-pyrrole nitrogens is 1. The summed E-state index contributed by atoms with van der Waals surface area (Å²) in [6.45, 7) is 0.433. The van der Waals surface area contributed by atoms with Gasteiger partial charge in [-0.25, -0.2) is 4.39 Å². The molecule has 0 radical (unpaired) electrons. The normalized spacial score (nSPS) is 12.0. The Morgan fingerprint density at radius 2 is 1.88 bits per heavy atom. The predicted molar refractivity (Wildman–Crippen MR) is 85.6 cm³/mol. The Hall–Kier alpha value is -3.23. The van der Waals surface area contributed by atoms with Crippen molar-refractivity contribution in [2.75, 3.05) is 0 Å². The minimum Gasteiger partial charge on any atom is -0.285 e. The molecule has 0 saturated carbocycles. The van der Waals surface area contributed by atoms with Crippen LogP contribution in [0.1, 0.15) is 11.1 Å². The molecule has 1 aromatic carbocycles. The van der Waals surface area contributed by atoms with Crippen LogP contribution < -0.4 is 0 Å². The second kappa shape index (κ2) is 5.94. The van der Waals surface area contributed by atoms with Gasteiger partial charge in [0.25, 0.3) is 0 Å². The molecule has 0 atom stereocenters. The van der Waals surface area contributed by atoms with Crippen molar-refractivity contribution < 1.29 is 17.6 Å². The molecule has 26 heavy (non-hydrogen) atoms. The molecule has 4 rings (SSSR count). The lowest BCUT2D eigenvalue weighted by molar-refractivity contribution is -0.139. The van der Waals surface area contributed by atoms with Gasteiger partial charge in [0, 0.05) is 23.5 Å². The van der Waals surface area contributed by atoms with Gasteiger partial charge >= 0.3 is 6.18 Å². The van der Waals surface area contributed by atoms with E-state index in [1.165, 1.54) is 12.3 Å². The quantitative estimate of drug-likeness (QED) is 0.561. The van der Waals surface area contributed by atoms with E-state index in [-0.39, 0.29) is 5.56 Å². The van der Waals surface area contributed by atoms with Gasteiger partial charge in [-0.1, -0.05) is 6.07 Å². The molecule has 0 fully saturated rings. The van der Waals surface area contributed by atoms with Crippen LogP contribution >= 0.6 is 0 Å². The predicted octanol–water partition coefficient (Wildman–Crippen LogP) is 4.03. The lowest BCUT2D eigenvalue weighted by Crippen LogP contribution is -2.08. The minimum atomic E-state index is -4.76. The number of nitrogens with one attached hydrogen (secondary N) is 1. The fourth-order valence-electron chi connectivity index (χ4n) is 2.70. The molecule has 9 heteroatoms. The molecule has 0 saturated heterocycles. The number of pyridine rings is 1. The first-order valence-corrected chi connectivity index (χ1v) is 7.58. The molecule has 0 aliphatic carbocycles. The maximum Gasteiger partial charge on any atom is 0.419 e. The molecule has 5 nitrogen and oxygen atoms in total. The van der Waals surface area contributed by atoms with Crippen LogP contribution in [0.4, 0.5) is 17.6 Å². The zero-order valence-corrected chi connectivity index (χ0v) is 13.1. The van der Waals surface area contributed by atoms with Gasteiger partial charge in [-0.2, -0.15) is 23.4 Å². The third kappa shape index (κ3) is 2.92. The van der Waals surface area contributed by atoms with Gasteiger partial charge in [0.2, 0.25) is 0 Å². The first kappa shape index (κ1) is 16.2. The largest absolute Gasteiger partial charge is 0.419 e. The van der Waals surface area contributed by atoms with E-state index < -0.39 is 17.6 Å². The topological polar surface area (TPSA) is 59.4 Å². The number of hydrogen-bond acceptors (Lipinski definition) is 3. The van der Waals surface area contributed by atoms with E-state index in [2.05, 4.69) is 20.3 Å². The highest BCUT2D eigenvalue weighted by atomic mass is 19.4. The molecule has 132 valence electrons. The number of benzene rings is 1. The number of hydrogen-bond donors (Lipinski definition) is 1. The molecule has 0 aliphatic rings. The van der Waals surface area contributed by atoms with Crippen molar-refractivity contribution in [2.45, 2.75) is 12.7 Å². The highest BCUT2D eigenvalue weighted by Crippen LogP contribution is 2.34. The molecule has 1 N–H and O–H groups in total. The molecule has 3 aromatic heterocycles. The number of halogens is 4. The summed E-state index contributed by atoms with van der Waals surface area (Å²) in [6, 6.07) is 4.58. The van der Waals surface area contributed by atoms with Crippen molar-refractivity contribution in [1.29, 1.82) is 0 Å². The summed E-state index contributed by atoms with van der Waals surface area (Å²) in [5, 5.41) is 10.8. The van der Waals surface area contributed by atoms with Crippen LogP contribution in [0.15, 0.2) is 49.1 Å². The van der Waals surface area contributed by atoms with Crippen LogP contribution in [0.5, 0.6) is 0 Å². The summed E-state index contributed by atoms with van der Waals surface area (Å²) in [5.41, 5.74) is 1.52. The number of aromatic nitrogens is 5. The Balaban J connectivity index is 1.78. The van der Waals surface area contributed by atoms with Crippen LogP contribution in [0.25, 0.3) is 22.2 Å². The molecule has 0 bridgehead atoms. The average molecular weight is 361 g/mol. The van der Waals surface area contributed by atoms with Crippen LogP contribution in [-0.4, -0.2) is 25.0 Å². The molecule has 0 unspecified atom stereocenters. The van der Waals surface area contributed by atoms with Crippen molar-refractivity contribution in [1.82, 2.24) is 25.0 Å². The molecular formula is C17H11F4N5. The van der Waals surface area contributed by atoms with Gasteiger partial charge in [-0.05, 0) is 23.8 Å². The first-order valence-electron chi connectivity index (χ1n) is 7.58. The van der Waals surface area contributed by atoms with E-state index in [0.717, 1.165) is 17.7 Å². The number of fused-ring (bicyclic) bond motifs is 1. The van der Waals surface area contributed by atoms with Crippen molar-refractivity contribution in [3.63, 3.8) is 0 Å². The number of alkyl halides is 3. The second-order valence-corrected chi connectivity index (χ2v) is 5.73. The summed E-state index contributed by atoms with van der Waals surface area (Å²) < 4.78 is 54.0. The van der Waals surface area contributed by atoms with Gasteiger partial charge < -0.3 is 0 Å². The van der Waals surface area contributed by atoms with Crippen LogP contribution in [0, 0.1) is 5.82 Å². The molecule has 3 heterocycles. The van der Waals surface area contributed by atoms with E-state index in [1.807, 2.05) is 0 Å². The van der Waals surface area contributed by atoms with E-state index in [9.17, 15) is 17.6 Å². The second-order valence-electron chi connectivity index (χ2n) is 5.73. The van der Waals surface area contributed by atoms with E-state index >= 15 is 0 Å². The average Bonchev–Trinajstić information content (AvgIpc) is 3.24. The highest BCUT2D eigenvalue weighted by Gasteiger charge is 2.34. The van der Waals surface area contributed by atoms with Gasteiger partial charge in [-0.3, -0.25) is 14.8 Å². The Labute approximate surface area is 144 Å². The number of nitrogens with zero attached hydrogens (tertiary/aromatic N) is 4. The highest BCUT2D eigenvalue weighted by molar-refractivity contribution is 5.80. The zero-order valence-electron chi connectivity index (χ0n) is 13.1. The first-order chi connectivity index (χ1) is 12.4. The van der Waals surface area contributed by atoms with Crippen LogP contribution in [0.3, 0.4) is 0 Å². The standard InChI is InChI=1S/C17H11F4N5/c18-14-2-1-11(3-13(14)17(19,20)21)12-4-16-15(22-7-12)8-25-26(16)9-10-5-23-24-6-10/h1-8H,9H2,(H,23,24). The third-order valence-corrected chi connectivity index (χ3v) is 3.99. The van der Waals surface area contributed by atoms with E-state index in [1.54, 1.807) is 29.3 Å². The van der Waals surface area contributed by atoms with Crippen LogP contribution in [-0.2, 0) is 12.7 Å². The number of rotatable bonds is 3. The number of aromatic amines is 1. The third-order valence-electron chi connectivity index (χ3n) is 3.99. The van der Waals surface area contributed by atoms with Gasteiger partial charge in [0.15, 0.2) is 0 Å². The van der Waals surface area contributed by atoms with Gasteiger partial charge in [0.05, 0.1) is 30.0 Å². The van der Waals surface area contributed by atoms with E-state index in [4.69, 9.17) is 0 Å². The Bertz CT molecular complexity index is 1070. The maximum absolute atomic E-state index is 13.5. The molecule has 0 spiro atoms. The fourth-order valence-corrected chi connectivity index (χ4v) is 2.70. The van der Waals surface area contributed by atoms with Crippen molar-refractivity contribution in [2.24, 2.45) is 0 Å². The smallest absolute Gasteiger partial charge is 0.285 e. The fraction of sp³-hybridized carbons (Fsp3) is 0.118. The maximum atomic E-state index is 13.5. The van der Waals surface area contributed by atoms with Crippen molar-refractivity contribution in [3.05, 3.63) is 66.0 Å². The van der Waals surface area contributed by atoms with E-state index in [0.29, 0.717) is 23.1 Å². The van der Waals surface area contributed by atoms with Gasteiger partial charge in [-0.15, -0.1) is 0 Å². The van der Waals surface area contributed by atoms with Crippen LogP contribution in [0.2, 0.25) is 0 Å². The SMILES string of the molecule is Fc1ccc(-c2cnc3cnn(Cc4cn[nH]c4)c3c2)cc1C(F)(F)F. The summed E-state index contributed by atoms with van der Waals surface area (Å²) >= 11 is 0. The van der Waals surface area contributed by atoms with Crippen molar-refractivity contribution >= 4 is 11.0 Å². The monoisotopic (exact) mass is 361 g/mol. The molecule has 4 aromatic rings. The summed E-state index contributed by atoms with van der Waals surface area (Å²) in [6.07, 6.45) is 1.63. The zero-order chi connectivity index (χ0) is 18.3. The summed E-state index contributed by atoms with van der Waals surface area (Å²) in [7, 11) is 0. The lowest BCUT2D eigenvalue weighted by atomic mass is 10.0.